The van der Waals surface area contributed by atoms with Gasteiger partial charge in [-0.05, 0) is 25.5 Å². The van der Waals surface area contributed by atoms with Crippen LogP contribution in [0.15, 0.2) is 18.3 Å². The van der Waals surface area contributed by atoms with Crippen LogP contribution >= 0.6 is 0 Å². The van der Waals surface area contributed by atoms with Gasteiger partial charge >= 0.3 is 0 Å². The zero-order valence-electron chi connectivity index (χ0n) is 10.9. The molecule has 0 fully saturated rings. The van der Waals surface area contributed by atoms with Gasteiger partial charge in [-0.25, -0.2) is 8.91 Å². The van der Waals surface area contributed by atoms with Gasteiger partial charge in [0.1, 0.15) is 11.9 Å². The van der Waals surface area contributed by atoms with E-state index in [4.69, 9.17) is 0 Å². The summed E-state index contributed by atoms with van der Waals surface area (Å²) in [5, 5.41) is 9.70. The SMILES string of the molecule is CCCNC(=O)C(C)Nc1nc2ccc(F)cn2n1. The van der Waals surface area contributed by atoms with Crippen molar-refractivity contribution in [3.63, 3.8) is 0 Å². The quantitative estimate of drug-likeness (QED) is 0.852. The molecule has 0 saturated carbocycles. The molecule has 2 rings (SSSR count). The third kappa shape index (κ3) is 3.18. The average molecular weight is 265 g/mol. The van der Waals surface area contributed by atoms with Gasteiger partial charge in [0.05, 0.1) is 6.20 Å². The summed E-state index contributed by atoms with van der Waals surface area (Å²) in [6, 6.07) is 2.38. The Balaban J connectivity index is 2.06. The number of carbonyl (C=O) groups is 1. The molecule has 102 valence electrons. The van der Waals surface area contributed by atoms with Gasteiger partial charge in [-0.1, -0.05) is 6.92 Å². The molecule has 2 aromatic heterocycles. The summed E-state index contributed by atoms with van der Waals surface area (Å²) in [4.78, 5) is 15.8. The van der Waals surface area contributed by atoms with E-state index in [-0.39, 0.29) is 5.91 Å². The second-order valence-corrected chi connectivity index (χ2v) is 4.24. The molecule has 1 unspecified atom stereocenters. The van der Waals surface area contributed by atoms with Gasteiger partial charge in [0.25, 0.3) is 0 Å². The lowest BCUT2D eigenvalue weighted by Crippen LogP contribution is -2.38. The first-order chi connectivity index (χ1) is 9.10. The van der Waals surface area contributed by atoms with Gasteiger partial charge in [0.2, 0.25) is 11.9 Å². The van der Waals surface area contributed by atoms with Gasteiger partial charge in [-0.15, -0.1) is 5.10 Å². The molecule has 0 bridgehead atoms. The van der Waals surface area contributed by atoms with E-state index in [2.05, 4.69) is 20.7 Å². The number of amides is 1. The molecule has 0 aliphatic carbocycles. The second-order valence-electron chi connectivity index (χ2n) is 4.24. The van der Waals surface area contributed by atoms with E-state index in [0.717, 1.165) is 6.42 Å². The minimum Gasteiger partial charge on any atom is -0.354 e. The topological polar surface area (TPSA) is 71.3 Å². The maximum Gasteiger partial charge on any atom is 0.243 e. The van der Waals surface area contributed by atoms with Crippen molar-refractivity contribution in [1.82, 2.24) is 19.9 Å². The number of nitrogens with one attached hydrogen (secondary N) is 2. The molecule has 7 heteroatoms. The number of rotatable bonds is 5. The number of hydrogen-bond donors (Lipinski definition) is 2. The molecule has 0 spiro atoms. The predicted octanol–water partition coefficient (Wildman–Crippen LogP) is 1.19. The molecule has 1 atom stereocenters. The van der Waals surface area contributed by atoms with Crippen LogP contribution in [0.25, 0.3) is 5.65 Å². The van der Waals surface area contributed by atoms with Gasteiger partial charge < -0.3 is 10.6 Å². The molecule has 0 aliphatic rings. The molecular weight excluding hydrogens is 249 g/mol. The second kappa shape index (κ2) is 5.64. The van der Waals surface area contributed by atoms with Crippen LogP contribution in [0.3, 0.4) is 0 Å². The van der Waals surface area contributed by atoms with Crippen LogP contribution in [0, 0.1) is 5.82 Å². The Morgan fingerprint density at radius 3 is 3.05 bits per heavy atom. The average Bonchev–Trinajstić information content (AvgIpc) is 2.77. The molecule has 19 heavy (non-hydrogen) atoms. The van der Waals surface area contributed by atoms with Crippen molar-refractivity contribution in [3.05, 3.63) is 24.1 Å². The predicted molar refractivity (Wildman–Crippen MR) is 69.3 cm³/mol. The highest BCUT2D eigenvalue weighted by Gasteiger charge is 2.14. The monoisotopic (exact) mass is 265 g/mol. The van der Waals surface area contributed by atoms with E-state index in [1.165, 1.54) is 22.8 Å². The van der Waals surface area contributed by atoms with Crippen LogP contribution in [0.2, 0.25) is 0 Å². The number of halogens is 1. The number of hydrogen-bond acceptors (Lipinski definition) is 4. The fraction of sp³-hybridized carbons (Fsp3) is 0.417. The van der Waals surface area contributed by atoms with Gasteiger partial charge in [-0.3, -0.25) is 4.79 Å². The molecule has 0 radical (unpaired) electrons. The van der Waals surface area contributed by atoms with E-state index in [1.807, 2.05) is 6.92 Å². The molecule has 2 N–H and O–H groups in total. The zero-order chi connectivity index (χ0) is 13.8. The van der Waals surface area contributed by atoms with Crippen molar-refractivity contribution in [1.29, 1.82) is 0 Å². The number of anilines is 1. The summed E-state index contributed by atoms with van der Waals surface area (Å²) in [6.07, 6.45) is 2.11. The Kier molecular flexibility index (Phi) is 3.94. The molecule has 1 amide bonds. The van der Waals surface area contributed by atoms with Crippen molar-refractivity contribution in [2.45, 2.75) is 26.3 Å². The van der Waals surface area contributed by atoms with Gasteiger partial charge in [0.15, 0.2) is 5.65 Å². The van der Waals surface area contributed by atoms with E-state index < -0.39 is 11.9 Å². The Labute approximate surface area is 110 Å². The van der Waals surface area contributed by atoms with Crippen LogP contribution in [0.4, 0.5) is 10.3 Å². The van der Waals surface area contributed by atoms with Crippen LogP contribution in [-0.2, 0) is 4.79 Å². The van der Waals surface area contributed by atoms with Gasteiger partial charge in [0, 0.05) is 6.54 Å². The van der Waals surface area contributed by atoms with Crippen LogP contribution < -0.4 is 10.6 Å². The maximum absolute atomic E-state index is 13.0. The Morgan fingerprint density at radius 1 is 1.53 bits per heavy atom. The fourth-order valence-corrected chi connectivity index (χ4v) is 1.58. The summed E-state index contributed by atoms with van der Waals surface area (Å²) in [6.45, 7) is 4.34. The van der Waals surface area contributed by atoms with Crippen molar-refractivity contribution in [2.75, 3.05) is 11.9 Å². The summed E-state index contributed by atoms with van der Waals surface area (Å²) in [5.74, 6) is -0.214. The molecule has 0 aliphatic heterocycles. The number of pyridine rings is 1. The first kappa shape index (κ1) is 13.3. The van der Waals surface area contributed by atoms with Crippen molar-refractivity contribution < 1.29 is 9.18 Å². The highest BCUT2D eigenvalue weighted by molar-refractivity contribution is 5.83. The third-order valence-corrected chi connectivity index (χ3v) is 2.58. The largest absolute Gasteiger partial charge is 0.354 e. The molecule has 2 heterocycles. The first-order valence-electron chi connectivity index (χ1n) is 6.16. The molecule has 2 aromatic rings. The Morgan fingerprint density at radius 2 is 2.32 bits per heavy atom. The summed E-state index contributed by atoms with van der Waals surface area (Å²) in [7, 11) is 0. The standard InChI is InChI=1S/C12H16FN5O/c1-3-6-14-11(19)8(2)15-12-16-10-5-4-9(13)7-18(10)17-12/h4-5,7-8H,3,6H2,1-2H3,(H,14,19)(H,15,17). The number of fused-ring (bicyclic) bond motifs is 1. The Hall–Kier alpha value is -2.18. The van der Waals surface area contributed by atoms with E-state index in [1.54, 1.807) is 6.92 Å². The summed E-state index contributed by atoms with van der Waals surface area (Å²) >= 11 is 0. The fourth-order valence-electron chi connectivity index (χ4n) is 1.58. The normalized spacial score (nSPS) is 12.4. The van der Waals surface area contributed by atoms with E-state index in [9.17, 15) is 9.18 Å². The minimum atomic E-state index is -0.450. The van der Waals surface area contributed by atoms with Crippen LogP contribution in [0.5, 0.6) is 0 Å². The van der Waals surface area contributed by atoms with Crippen molar-refractivity contribution in [3.8, 4) is 0 Å². The summed E-state index contributed by atoms with van der Waals surface area (Å²) in [5.41, 5.74) is 0.519. The Bertz CT molecular complexity index is 583. The van der Waals surface area contributed by atoms with E-state index in [0.29, 0.717) is 18.1 Å². The van der Waals surface area contributed by atoms with Crippen molar-refractivity contribution >= 4 is 17.5 Å². The van der Waals surface area contributed by atoms with Crippen molar-refractivity contribution in [2.24, 2.45) is 0 Å². The maximum atomic E-state index is 13.0. The van der Waals surface area contributed by atoms with Crippen LogP contribution in [-0.4, -0.2) is 33.1 Å². The molecule has 0 aromatic carbocycles. The lowest BCUT2D eigenvalue weighted by Gasteiger charge is -2.11. The van der Waals surface area contributed by atoms with E-state index >= 15 is 0 Å². The molecule has 6 nitrogen and oxygen atoms in total. The number of carbonyl (C=O) groups excluding carboxylic acids is 1. The lowest BCUT2D eigenvalue weighted by atomic mass is 10.3. The smallest absolute Gasteiger partial charge is 0.243 e. The highest BCUT2D eigenvalue weighted by atomic mass is 19.1. The lowest BCUT2D eigenvalue weighted by molar-refractivity contribution is -0.121. The first-order valence-corrected chi connectivity index (χ1v) is 6.16. The third-order valence-electron chi connectivity index (χ3n) is 2.58. The summed E-state index contributed by atoms with van der Waals surface area (Å²) < 4.78 is 14.3. The number of aromatic nitrogens is 3. The molecule has 0 saturated heterocycles. The van der Waals surface area contributed by atoms with Crippen LogP contribution in [0.1, 0.15) is 20.3 Å². The highest BCUT2D eigenvalue weighted by Crippen LogP contribution is 2.07. The minimum absolute atomic E-state index is 0.119. The number of nitrogens with zero attached hydrogens (tertiary/aromatic N) is 3. The zero-order valence-corrected chi connectivity index (χ0v) is 10.9. The molecular formula is C12H16FN5O. The van der Waals surface area contributed by atoms with Gasteiger partial charge in [-0.2, -0.15) is 4.98 Å².